The second-order valence-electron chi connectivity index (χ2n) is 5.21. The third-order valence-corrected chi connectivity index (χ3v) is 3.30. The Balaban J connectivity index is 2.00. The maximum Gasteiger partial charge on any atom is 0.238 e. The Labute approximate surface area is 137 Å². The van der Waals surface area contributed by atoms with E-state index in [1.165, 1.54) is 0 Å². The molecule has 0 saturated carbocycles. The van der Waals surface area contributed by atoms with Crippen LogP contribution in [0.3, 0.4) is 0 Å². The number of rotatable bonds is 5. The number of likely N-dealkylation sites (N-methyl/N-ethyl adjacent to an activating group) is 1. The molecule has 0 aromatic heterocycles. The Morgan fingerprint density at radius 3 is 2.58 bits per heavy atom. The Morgan fingerprint density at radius 2 is 1.88 bits per heavy atom. The first-order chi connectivity index (χ1) is 11.4. The number of hydrogen-bond acceptors (Lipinski definition) is 3. The largest absolute Gasteiger partial charge is 0.322 e. The van der Waals surface area contributed by atoms with Gasteiger partial charge in [0.25, 0.3) is 0 Å². The SMILES string of the molecule is CN(CC(=O)Nc1ccc(F)c(F)c1F)Cc1ccccc1C#N. The highest BCUT2D eigenvalue weighted by Crippen LogP contribution is 2.19. The molecule has 2 rings (SSSR count). The molecular formula is C17H14F3N3O. The van der Waals surface area contributed by atoms with Gasteiger partial charge >= 0.3 is 0 Å². The van der Waals surface area contributed by atoms with Crippen LogP contribution in [0.1, 0.15) is 11.1 Å². The van der Waals surface area contributed by atoms with Crippen molar-refractivity contribution in [2.45, 2.75) is 6.54 Å². The molecule has 1 N–H and O–H groups in total. The Hall–Kier alpha value is -2.85. The molecule has 2 aromatic rings. The molecule has 7 heteroatoms. The Kier molecular flexibility index (Phi) is 5.55. The lowest BCUT2D eigenvalue weighted by Crippen LogP contribution is -2.30. The number of carbonyl (C=O) groups excluding carboxylic acids is 1. The Morgan fingerprint density at radius 1 is 1.17 bits per heavy atom. The van der Waals surface area contributed by atoms with E-state index in [-0.39, 0.29) is 6.54 Å². The second kappa shape index (κ2) is 7.62. The molecule has 0 heterocycles. The summed E-state index contributed by atoms with van der Waals surface area (Å²) < 4.78 is 39.5. The summed E-state index contributed by atoms with van der Waals surface area (Å²) in [7, 11) is 1.65. The van der Waals surface area contributed by atoms with Gasteiger partial charge in [0.05, 0.1) is 23.9 Å². The lowest BCUT2D eigenvalue weighted by molar-refractivity contribution is -0.117. The molecule has 2 aromatic carbocycles. The van der Waals surface area contributed by atoms with Crippen LogP contribution in [0.5, 0.6) is 0 Å². The number of amides is 1. The fourth-order valence-electron chi connectivity index (χ4n) is 2.17. The first-order valence-corrected chi connectivity index (χ1v) is 7.02. The molecule has 0 bridgehead atoms. The highest BCUT2D eigenvalue weighted by molar-refractivity contribution is 5.92. The molecule has 4 nitrogen and oxygen atoms in total. The van der Waals surface area contributed by atoms with Crippen molar-refractivity contribution in [1.82, 2.24) is 4.90 Å². The summed E-state index contributed by atoms with van der Waals surface area (Å²) in [5.74, 6) is -4.99. The molecule has 0 radical (unpaired) electrons. The molecule has 0 aliphatic carbocycles. The van der Waals surface area contributed by atoms with Gasteiger partial charge in [-0.1, -0.05) is 18.2 Å². The predicted molar refractivity (Wildman–Crippen MR) is 82.4 cm³/mol. The van der Waals surface area contributed by atoms with Gasteiger partial charge in [0.1, 0.15) is 0 Å². The van der Waals surface area contributed by atoms with Gasteiger partial charge in [-0.25, -0.2) is 13.2 Å². The van der Waals surface area contributed by atoms with Crippen LogP contribution in [0.4, 0.5) is 18.9 Å². The molecule has 0 spiro atoms. The number of hydrogen-bond donors (Lipinski definition) is 1. The summed E-state index contributed by atoms with van der Waals surface area (Å²) in [6.07, 6.45) is 0. The van der Waals surface area contributed by atoms with E-state index in [1.54, 1.807) is 36.2 Å². The van der Waals surface area contributed by atoms with E-state index >= 15 is 0 Å². The maximum atomic E-state index is 13.5. The maximum absolute atomic E-state index is 13.5. The van der Waals surface area contributed by atoms with Crippen molar-refractivity contribution < 1.29 is 18.0 Å². The molecule has 0 aliphatic rings. The molecule has 124 valence electrons. The summed E-state index contributed by atoms with van der Waals surface area (Å²) in [5.41, 5.74) is 0.815. The van der Waals surface area contributed by atoms with Gasteiger partial charge in [-0.2, -0.15) is 5.26 Å². The quantitative estimate of drug-likeness (QED) is 0.856. The highest BCUT2D eigenvalue weighted by atomic mass is 19.2. The molecule has 0 atom stereocenters. The first-order valence-electron chi connectivity index (χ1n) is 7.02. The average Bonchev–Trinajstić information content (AvgIpc) is 2.55. The summed E-state index contributed by atoms with van der Waals surface area (Å²) in [6, 6.07) is 10.7. The topological polar surface area (TPSA) is 56.1 Å². The summed E-state index contributed by atoms with van der Waals surface area (Å²) in [6.45, 7) is 0.218. The van der Waals surface area contributed by atoms with Crippen LogP contribution in [-0.4, -0.2) is 24.4 Å². The van der Waals surface area contributed by atoms with Crippen LogP contribution in [0.2, 0.25) is 0 Å². The Bertz CT molecular complexity index is 802. The third-order valence-electron chi connectivity index (χ3n) is 3.30. The first kappa shape index (κ1) is 17.5. The standard InChI is InChI=1S/C17H14F3N3O/c1-23(9-12-5-3-2-4-11(12)8-21)10-15(24)22-14-7-6-13(18)16(19)17(14)20/h2-7H,9-10H2,1H3,(H,22,24). The van der Waals surface area contributed by atoms with Crippen molar-refractivity contribution in [3.05, 3.63) is 65.0 Å². The van der Waals surface area contributed by atoms with Crippen LogP contribution in [0.15, 0.2) is 36.4 Å². The van der Waals surface area contributed by atoms with Crippen LogP contribution < -0.4 is 5.32 Å². The van der Waals surface area contributed by atoms with Gasteiger partial charge in [0, 0.05) is 6.54 Å². The zero-order valence-corrected chi connectivity index (χ0v) is 12.8. The number of nitrogens with one attached hydrogen (secondary N) is 1. The van der Waals surface area contributed by atoms with Gasteiger partial charge in [-0.3, -0.25) is 9.69 Å². The summed E-state index contributed by atoms with van der Waals surface area (Å²) in [4.78, 5) is 13.5. The van der Waals surface area contributed by atoms with Gasteiger partial charge < -0.3 is 5.32 Å². The smallest absolute Gasteiger partial charge is 0.238 e. The van der Waals surface area contributed by atoms with E-state index in [1.807, 2.05) is 0 Å². The molecule has 0 fully saturated rings. The van der Waals surface area contributed by atoms with E-state index in [2.05, 4.69) is 11.4 Å². The van der Waals surface area contributed by atoms with Crippen LogP contribution in [-0.2, 0) is 11.3 Å². The van der Waals surface area contributed by atoms with E-state index in [0.29, 0.717) is 12.1 Å². The molecule has 1 amide bonds. The number of halogens is 3. The van der Waals surface area contributed by atoms with E-state index < -0.39 is 29.0 Å². The molecule has 0 unspecified atom stereocenters. The van der Waals surface area contributed by atoms with Crippen molar-refractivity contribution >= 4 is 11.6 Å². The van der Waals surface area contributed by atoms with Crippen molar-refractivity contribution in [3.63, 3.8) is 0 Å². The summed E-state index contributed by atoms with van der Waals surface area (Å²) >= 11 is 0. The molecular weight excluding hydrogens is 319 g/mol. The van der Waals surface area contributed by atoms with Gasteiger partial charge in [-0.15, -0.1) is 0 Å². The van der Waals surface area contributed by atoms with Crippen molar-refractivity contribution in [2.24, 2.45) is 0 Å². The zero-order chi connectivity index (χ0) is 17.7. The fourth-order valence-corrected chi connectivity index (χ4v) is 2.17. The lowest BCUT2D eigenvalue weighted by atomic mass is 10.1. The monoisotopic (exact) mass is 333 g/mol. The molecule has 0 saturated heterocycles. The predicted octanol–water partition coefficient (Wildman–Crippen LogP) is 3.05. The van der Waals surface area contributed by atoms with Crippen LogP contribution in [0, 0.1) is 28.8 Å². The van der Waals surface area contributed by atoms with E-state index in [9.17, 15) is 18.0 Å². The number of benzene rings is 2. The molecule has 24 heavy (non-hydrogen) atoms. The number of nitrogens with zero attached hydrogens (tertiary/aromatic N) is 2. The van der Waals surface area contributed by atoms with Crippen LogP contribution >= 0.6 is 0 Å². The van der Waals surface area contributed by atoms with E-state index in [0.717, 1.165) is 17.7 Å². The number of nitriles is 1. The number of anilines is 1. The van der Waals surface area contributed by atoms with Crippen molar-refractivity contribution in [2.75, 3.05) is 18.9 Å². The van der Waals surface area contributed by atoms with Gasteiger partial charge in [0.15, 0.2) is 17.5 Å². The highest BCUT2D eigenvalue weighted by Gasteiger charge is 2.16. The number of carbonyl (C=O) groups is 1. The minimum absolute atomic E-state index is 0.113. The normalized spacial score (nSPS) is 10.5. The zero-order valence-electron chi connectivity index (χ0n) is 12.8. The second-order valence-corrected chi connectivity index (χ2v) is 5.21. The lowest BCUT2D eigenvalue weighted by Gasteiger charge is -2.17. The van der Waals surface area contributed by atoms with Gasteiger partial charge in [-0.05, 0) is 30.8 Å². The summed E-state index contributed by atoms with van der Waals surface area (Å²) in [5, 5.41) is 11.2. The third kappa shape index (κ3) is 4.12. The minimum atomic E-state index is -1.64. The van der Waals surface area contributed by atoms with E-state index in [4.69, 9.17) is 5.26 Å². The van der Waals surface area contributed by atoms with Gasteiger partial charge in [0.2, 0.25) is 5.91 Å². The minimum Gasteiger partial charge on any atom is -0.322 e. The van der Waals surface area contributed by atoms with Crippen molar-refractivity contribution in [3.8, 4) is 6.07 Å². The van der Waals surface area contributed by atoms with Crippen LogP contribution in [0.25, 0.3) is 0 Å². The average molecular weight is 333 g/mol. The molecule has 0 aliphatic heterocycles. The van der Waals surface area contributed by atoms with Crippen molar-refractivity contribution in [1.29, 1.82) is 5.26 Å². The fraction of sp³-hybridized carbons (Fsp3) is 0.176.